The highest BCUT2D eigenvalue weighted by atomic mass is 32.2. The summed E-state index contributed by atoms with van der Waals surface area (Å²) in [5, 5.41) is 0. The zero-order valence-corrected chi connectivity index (χ0v) is 10.3. The van der Waals surface area contributed by atoms with E-state index in [2.05, 4.69) is 0 Å². The number of benzene rings is 1. The minimum Gasteiger partial charge on any atom is -0.357 e. The molecule has 1 aliphatic heterocycles. The van der Waals surface area contributed by atoms with Crippen LogP contribution in [0.3, 0.4) is 0 Å². The van der Waals surface area contributed by atoms with Gasteiger partial charge in [-0.2, -0.15) is 0 Å². The van der Waals surface area contributed by atoms with Crippen molar-refractivity contribution in [1.29, 1.82) is 0 Å². The number of hydrogen-bond donors (Lipinski definition) is 0. The van der Waals surface area contributed by atoms with Crippen LogP contribution in [0.2, 0.25) is 0 Å². The maximum absolute atomic E-state index is 12.2. The second kappa shape index (κ2) is 4.66. The SMILES string of the molecule is Cc1ccc([S@](=O)C2=CN(C)C=CC2)cc1. The maximum Gasteiger partial charge on any atom is 0.0826 e. The van der Waals surface area contributed by atoms with Crippen molar-refractivity contribution in [2.45, 2.75) is 18.2 Å². The van der Waals surface area contributed by atoms with E-state index < -0.39 is 10.8 Å². The van der Waals surface area contributed by atoms with Gasteiger partial charge in [-0.1, -0.05) is 23.8 Å². The first-order chi connectivity index (χ1) is 7.66. The summed E-state index contributed by atoms with van der Waals surface area (Å²) in [6.45, 7) is 2.03. The fourth-order valence-electron chi connectivity index (χ4n) is 1.59. The minimum absolute atomic E-state index is 0.769. The molecule has 1 aromatic rings. The third-order valence-corrected chi connectivity index (χ3v) is 3.93. The Morgan fingerprint density at radius 2 is 1.94 bits per heavy atom. The lowest BCUT2D eigenvalue weighted by atomic mass is 10.2. The van der Waals surface area contributed by atoms with Gasteiger partial charge in [0.15, 0.2) is 0 Å². The second-order valence-corrected chi connectivity index (χ2v) is 5.46. The Kier molecular flexibility index (Phi) is 3.25. The number of rotatable bonds is 2. The summed E-state index contributed by atoms with van der Waals surface area (Å²) >= 11 is 0. The number of nitrogens with zero attached hydrogens (tertiary/aromatic N) is 1. The lowest BCUT2D eigenvalue weighted by Crippen LogP contribution is -2.09. The molecule has 84 valence electrons. The van der Waals surface area contributed by atoms with Gasteiger partial charge < -0.3 is 4.90 Å². The van der Waals surface area contributed by atoms with E-state index in [4.69, 9.17) is 0 Å². The summed E-state index contributed by atoms with van der Waals surface area (Å²) in [7, 11) is 0.916. The van der Waals surface area contributed by atoms with E-state index in [0.29, 0.717) is 0 Å². The van der Waals surface area contributed by atoms with Crippen LogP contribution in [0.5, 0.6) is 0 Å². The van der Waals surface area contributed by atoms with Gasteiger partial charge >= 0.3 is 0 Å². The third kappa shape index (κ3) is 2.42. The molecule has 0 bridgehead atoms. The maximum atomic E-state index is 12.2. The number of aryl methyl sites for hydroxylation is 1. The predicted octanol–water partition coefficient (Wildman–Crippen LogP) is 2.79. The van der Waals surface area contributed by atoms with E-state index >= 15 is 0 Å². The number of hydrogen-bond acceptors (Lipinski definition) is 2. The zero-order valence-electron chi connectivity index (χ0n) is 9.51. The van der Waals surface area contributed by atoms with Crippen LogP contribution in [0.15, 0.2) is 52.5 Å². The van der Waals surface area contributed by atoms with Gasteiger partial charge in [0, 0.05) is 29.5 Å². The van der Waals surface area contributed by atoms with Gasteiger partial charge in [-0.3, -0.25) is 0 Å². The van der Waals surface area contributed by atoms with E-state index in [0.717, 1.165) is 16.2 Å². The quantitative estimate of drug-likeness (QED) is 0.783. The van der Waals surface area contributed by atoms with E-state index in [-0.39, 0.29) is 0 Å². The van der Waals surface area contributed by atoms with Crippen molar-refractivity contribution in [2.75, 3.05) is 7.05 Å². The molecule has 1 heterocycles. The third-order valence-electron chi connectivity index (χ3n) is 2.48. The van der Waals surface area contributed by atoms with Crippen LogP contribution in [0.25, 0.3) is 0 Å². The zero-order chi connectivity index (χ0) is 11.5. The Balaban J connectivity index is 2.22. The van der Waals surface area contributed by atoms with Crippen LogP contribution in [-0.4, -0.2) is 16.2 Å². The largest absolute Gasteiger partial charge is 0.357 e. The summed E-state index contributed by atoms with van der Waals surface area (Å²) in [6.07, 6.45) is 6.72. The Bertz CT molecular complexity index is 459. The molecular weight excluding hydrogens is 218 g/mol. The van der Waals surface area contributed by atoms with E-state index in [9.17, 15) is 4.21 Å². The molecule has 0 amide bonds. The van der Waals surface area contributed by atoms with Gasteiger partial charge in [-0.05, 0) is 25.3 Å². The summed E-state index contributed by atoms with van der Waals surface area (Å²) in [5.41, 5.74) is 1.19. The fraction of sp³-hybridized carbons (Fsp3) is 0.231. The van der Waals surface area contributed by atoms with Crippen LogP contribution in [0.1, 0.15) is 12.0 Å². The predicted molar refractivity (Wildman–Crippen MR) is 67.2 cm³/mol. The average Bonchev–Trinajstić information content (AvgIpc) is 2.29. The van der Waals surface area contributed by atoms with Gasteiger partial charge in [-0.25, -0.2) is 4.21 Å². The van der Waals surface area contributed by atoms with Crippen molar-refractivity contribution < 1.29 is 4.21 Å². The van der Waals surface area contributed by atoms with E-state index in [1.165, 1.54) is 5.56 Å². The molecule has 0 N–H and O–H groups in total. The highest BCUT2D eigenvalue weighted by molar-refractivity contribution is 7.89. The highest BCUT2D eigenvalue weighted by Crippen LogP contribution is 2.21. The molecule has 1 atom stereocenters. The van der Waals surface area contributed by atoms with Gasteiger partial charge in [0.1, 0.15) is 0 Å². The van der Waals surface area contributed by atoms with Crippen LogP contribution in [-0.2, 0) is 10.8 Å². The molecule has 0 unspecified atom stereocenters. The lowest BCUT2D eigenvalue weighted by molar-refractivity contribution is 0.607. The lowest BCUT2D eigenvalue weighted by Gasteiger charge is -2.16. The monoisotopic (exact) mass is 233 g/mol. The molecule has 0 saturated heterocycles. The first-order valence-electron chi connectivity index (χ1n) is 5.24. The number of allylic oxidation sites excluding steroid dienone is 2. The standard InChI is InChI=1S/C13H15NOS/c1-11-5-7-12(8-6-11)16(15)13-4-3-9-14(2)10-13/h3,5-10H,4H2,1-2H3/t16-/m0/s1. The molecule has 1 aromatic carbocycles. The first-order valence-corrected chi connectivity index (χ1v) is 6.39. The second-order valence-electron chi connectivity index (χ2n) is 3.93. The fourth-order valence-corrected chi connectivity index (χ4v) is 2.79. The summed E-state index contributed by atoms with van der Waals surface area (Å²) in [6, 6.07) is 7.86. The van der Waals surface area contributed by atoms with Crippen molar-refractivity contribution in [1.82, 2.24) is 4.90 Å². The topological polar surface area (TPSA) is 20.3 Å². The molecule has 0 saturated carbocycles. The van der Waals surface area contributed by atoms with Gasteiger partial charge in [0.25, 0.3) is 0 Å². The molecule has 0 aliphatic carbocycles. The van der Waals surface area contributed by atoms with Crippen molar-refractivity contribution in [3.05, 3.63) is 53.2 Å². The molecule has 0 spiro atoms. The molecule has 3 heteroatoms. The normalized spacial score (nSPS) is 17.1. The van der Waals surface area contributed by atoms with E-state index in [1.54, 1.807) is 0 Å². The molecule has 2 nitrogen and oxygen atoms in total. The summed E-state index contributed by atoms with van der Waals surface area (Å²) < 4.78 is 12.2. The Morgan fingerprint density at radius 1 is 1.25 bits per heavy atom. The van der Waals surface area contributed by atoms with Crippen molar-refractivity contribution in [2.24, 2.45) is 0 Å². The smallest absolute Gasteiger partial charge is 0.0826 e. The molecule has 16 heavy (non-hydrogen) atoms. The van der Waals surface area contributed by atoms with Crippen molar-refractivity contribution in [3.8, 4) is 0 Å². The molecule has 1 aliphatic rings. The van der Waals surface area contributed by atoms with Crippen molar-refractivity contribution >= 4 is 10.8 Å². The molecule has 0 fully saturated rings. The molecule has 0 aromatic heterocycles. The highest BCUT2D eigenvalue weighted by Gasteiger charge is 2.11. The van der Waals surface area contributed by atoms with Crippen LogP contribution in [0, 0.1) is 6.92 Å². The van der Waals surface area contributed by atoms with E-state index in [1.807, 2.05) is 61.6 Å². The van der Waals surface area contributed by atoms with Crippen molar-refractivity contribution in [3.63, 3.8) is 0 Å². The summed E-state index contributed by atoms with van der Waals surface area (Å²) in [4.78, 5) is 3.76. The molecular formula is C13H15NOS. The van der Waals surface area contributed by atoms with Crippen LogP contribution < -0.4 is 0 Å². The minimum atomic E-state index is -1.03. The molecule has 0 radical (unpaired) electrons. The van der Waals surface area contributed by atoms with Crippen LogP contribution >= 0.6 is 0 Å². The van der Waals surface area contributed by atoms with Gasteiger partial charge in [0.05, 0.1) is 10.8 Å². The Labute approximate surface area is 98.7 Å². The Morgan fingerprint density at radius 3 is 2.56 bits per heavy atom. The van der Waals surface area contributed by atoms with Crippen LogP contribution in [0.4, 0.5) is 0 Å². The summed E-state index contributed by atoms with van der Waals surface area (Å²) in [5.74, 6) is 0. The molecule has 2 rings (SSSR count). The van der Waals surface area contributed by atoms with Gasteiger partial charge in [0.2, 0.25) is 0 Å². The first kappa shape index (κ1) is 11.1. The Hall–Kier alpha value is -1.35. The average molecular weight is 233 g/mol. The van der Waals surface area contributed by atoms with Gasteiger partial charge in [-0.15, -0.1) is 0 Å².